The van der Waals surface area contributed by atoms with Crippen LogP contribution in [-0.4, -0.2) is 0 Å². The second-order valence-electron chi connectivity index (χ2n) is 2.40. The highest BCUT2D eigenvalue weighted by atomic mass is 14.0. The van der Waals surface area contributed by atoms with E-state index in [9.17, 15) is 0 Å². The van der Waals surface area contributed by atoms with Crippen molar-refractivity contribution < 1.29 is 0 Å². The molecule has 0 aromatic rings. The summed E-state index contributed by atoms with van der Waals surface area (Å²) in [5, 5.41) is 0. The van der Waals surface area contributed by atoms with Crippen molar-refractivity contribution in [1.82, 2.24) is 0 Å². The Bertz CT molecular complexity index is 129. The van der Waals surface area contributed by atoms with E-state index in [-0.39, 0.29) is 0 Å². The molecule has 1 aliphatic carbocycles. The van der Waals surface area contributed by atoms with E-state index in [2.05, 4.69) is 32.1 Å². The Hall–Kier alpha value is -0.520. The zero-order valence-electron chi connectivity index (χ0n) is 5.44. The molecule has 1 atom stereocenters. The van der Waals surface area contributed by atoms with Crippen LogP contribution in [0, 0.1) is 12.0 Å². The summed E-state index contributed by atoms with van der Waals surface area (Å²) in [7, 11) is 0. The molecule has 0 nitrogen and oxygen atoms in total. The predicted molar refractivity (Wildman–Crippen MR) is 35.4 cm³/mol. The van der Waals surface area contributed by atoms with Crippen molar-refractivity contribution in [3.05, 3.63) is 23.8 Å². The van der Waals surface area contributed by atoms with Gasteiger partial charge in [0, 0.05) is 0 Å². The number of rotatable bonds is 0. The highest BCUT2D eigenvalue weighted by molar-refractivity contribution is 5.17. The van der Waals surface area contributed by atoms with Crippen molar-refractivity contribution in [3.8, 4) is 0 Å². The fraction of sp³-hybridized carbons (Fsp3) is 0.500. The Kier molecular flexibility index (Phi) is 1.52. The third-order valence-corrected chi connectivity index (χ3v) is 1.39. The number of hydrogen-bond acceptors (Lipinski definition) is 0. The molecule has 0 amide bonds. The maximum absolute atomic E-state index is 3.24. The molecule has 0 saturated carbocycles. The van der Waals surface area contributed by atoms with Gasteiger partial charge in [-0.15, -0.1) is 0 Å². The zero-order valence-corrected chi connectivity index (χ0v) is 5.44. The molecule has 0 aromatic heterocycles. The van der Waals surface area contributed by atoms with Gasteiger partial charge in [-0.2, -0.15) is 0 Å². The summed E-state index contributed by atoms with van der Waals surface area (Å²) in [6, 6.07) is 0. The molecule has 0 aromatic carbocycles. The van der Waals surface area contributed by atoms with Gasteiger partial charge >= 0.3 is 0 Å². The van der Waals surface area contributed by atoms with E-state index < -0.39 is 0 Å². The van der Waals surface area contributed by atoms with Gasteiger partial charge in [-0.25, -0.2) is 0 Å². The van der Waals surface area contributed by atoms with Crippen molar-refractivity contribution in [1.29, 1.82) is 0 Å². The van der Waals surface area contributed by atoms with Gasteiger partial charge in [0.15, 0.2) is 0 Å². The Balaban J connectivity index is 2.58. The summed E-state index contributed by atoms with van der Waals surface area (Å²) < 4.78 is 0. The van der Waals surface area contributed by atoms with Crippen molar-refractivity contribution in [3.63, 3.8) is 0 Å². The van der Waals surface area contributed by atoms with Gasteiger partial charge in [0.25, 0.3) is 0 Å². The van der Waals surface area contributed by atoms with E-state index in [1.165, 1.54) is 12.0 Å². The van der Waals surface area contributed by atoms with Gasteiger partial charge in [0.1, 0.15) is 0 Å². The van der Waals surface area contributed by atoms with E-state index in [4.69, 9.17) is 0 Å². The molecule has 0 fully saturated rings. The summed E-state index contributed by atoms with van der Waals surface area (Å²) in [6.07, 6.45) is 8.72. The third kappa shape index (κ3) is 1.22. The van der Waals surface area contributed by atoms with Crippen molar-refractivity contribution in [2.45, 2.75) is 20.3 Å². The quantitative estimate of drug-likeness (QED) is 0.445. The molecule has 1 rings (SSSR count). The van der Waals surface area contributed by atoms with Crippen LogP contribution in [0.4, 0.5) is 0 Å². The monoisotopic (exact) mass is 107 g/mol. The second-order valence-corrected chi connectivity index (χ2v) is 2.40. The average molecular weight is 107 g/mol. The van der Waals surface area contributed by atoms with Crippen LogP contribution in [0.3, 0.4) is 0 Å². The average Bonchev–Trinajstić information content (AvgIpc) is 1.77. The summed E-state index contributed by atoms with van der Waals surface area (Å²) in [6.45, 7) is 4.29. The van der Waals surface area contributed by atoms with Crippen LogP contribution in [0.5, 0.6) is 0 Å². The Morgan fingerprint density at radius 2 is 2.50 bits per heavy atom. The highest BCUT2D eigenvalue weighted by Crippen LogP contribution is 2.12. The molecule has 0 bridgehead atoms. The van der Waals surface area contributed by atoms with E-state index >= 15 is 0 Å². The van der Waals surface area contributed by atoms with Crippen LogP contribution in [-0.2, 0) is 0 Å². The highest BCUT2D eigenvalue weighted by Gasteiger charge is 1.98. The molecule has 43 valence electrons. The van der Waals surface area contributed by atoms with E-state index in [1.807, 2.05) is 0 Å². The molecule has 0 spiro atoms. The molecule has 8 heavy (non-hydrogen) atoms. The summed E-state index contributed by atoms with van der Waals surface area (Å²) in [5.74, 6) is 0.638. The molecule has 0 heteroatoms. The van der Waals surface area contributed by atoms with Crippen LogP contribution in [0.25, 0.3) is 0 Å². The lowest BCUT2D eigenvalue weighted by molar-refractivity contribution is 0.709. The second kappa shape index (κ2) is 2.17. The number of hydrogen-bond donors (Lipinski definition) is 0. The van der Waals surface area contributed by atoms with Crippen LogP contribution < -0.4 is 0 Å². The molecule has 1 unspecified atom stereocenters. The fourth-order valence-corrected chi connectivity index (χ4v) is 0.763. The Morgan fingerprint density at radius 1 is 1.75 bits per heavy atom. The minimum atomic E-state index is 0.638. The Morgan fingerprint density at radius 3 is 2.88 bits per heavy atom. The summed E-state index contributed by atoms with van der Waals surface area (Å²) in [5.41, 5.74) is 1.35. The normalized spacial score (nSPS) is 27.8. The maximum atomic E-state index is 3.24. The van der Waals surface area contributed by atoms with Gasteiger partial charge in [-0.1, -0.05) is 24.6 Å². The summed E-state index contributed by atoms with van der Waals surface area (Å²) in [4.78, 5) is 0. The largest absolute Gasteiger partial charge is 0.0810 e. The SMILES string of the molecule is CC1=CCC(C)[C]=C1. The molecule has 0 heterocycles. The van der Waals surface area contributed by atoms with Crippen LogP contribution in [0.1, 0.15) is 20.3 Å². The van der Waals surface area contributed by atoms with Gasteiger partial charge in [-0.05, 0) is 25.3 Å². The first-order chi connectivity index (χ1) is 3.79. The molecule has 1 radical (unpaired) electrons. The topological polar surface area (TPSA) is 0 Å². The van der Waals surface area contributed by atoms with Crippen LogP contribution in [0.15, 0.2) is 17.7 Å². The lowest BCUT2D eigenvalue weighted by Gasteiger charge is -2.06. The van der Waals surface area contributed by atoms with E-state index in [1.54, 1.807) is 0 Å². The molecular formula is C8H11. The van der Waals surface area contributed by atoms with Gasteiger partial charge in [-0.3, -0.25) is 0 Å². The zero-order chi connectivity index (χ0) is 5.98. The van der Waals surface area contributed by atoms with E-state index in [0.29, 0.717) is 5.92 Å². The van der Waals surface area contributed by atoms with E-state index in [0.717, 1.165) is 0 Å². The van der Waals surface area contributed by atoms with Gasteiger partial charge in [0.2, 0.25) is 0 Å². The minimum Gasteiger partial charge on any atom is -0.0810 e. The molecule has 0 saturated heterocycles. The first kappa shape index (κ1) is 5.61. The first-order valence-corrected chi connectivity index (χ1v) is 3.05. The van der Waals surface area contributed by atoms with Crippen LogP contribution >= 0.6 is 0 Å². The third-order valence-electron chi connectivity index (χ3n) is 1.39. The maximum Gasteiger partial charge on any atom is -0.0153 e. The fourth-order valence-electron chi connectivity index (χ4n) is 0.763. The van der Waals surface area contributed by atoms with Crippen molar-refractivity contribution in [2.24, 2.45) is 5.92 Å². The standard InChI is InChI=1S/C8H11/c1-7-3-5-8(2)6-4-7/h3-4,8H,5H2,1-2H3. The van der Waals surface area contributed by atoms with Gasteiger partial charge < -0.3 is 0 Å². The molecule has 0 aliphatic heterocycles. The predicted octanol–water partition coefficient (Wildman–Crippen LogP) is 2.33. The Labute approximate surface area is 50.9 Å². The number of allylic oxidation sites excluding steroid dienone is 4. The summed E-state index contributed by atoms with van der Waals surface area (Å²) >= 11 is 0. The molecule has 1 aliphatic rings. The van der Waals surface area contributed by atoms with Crippen molar-refractivity contribution >= 4 is 0 Å². The molecular weight excluding hydrogens is 96.1 g/mol. The van der Waals surface area contributed by atoms with Crippen LogP contribution in [0.2, 0.25) is 0 Å². The first-order valence-electron chi connectivity index (χ1n) is 3.05. The minimum absolute atomic E-state index is 0.638. The van der Waals surface area contributed by atoms with Crippen molar-refractivity contribution in [2.75, 3.05) is 0 Å². The smallest absolute Gasteiger partial charge is 0.0153 e. The molecule has 0 N–H and O–H groups in total. The lowest BCUT2D eigenvalue weighted by Crippen LogP contribution is -1.92. The van der Waals surface area contributed by atoms with Gasteiger partial charge in [0.05, 0.1) is 0 Å². The lowest BCUT2D eigenvalue weighted by atomic mass is 10.00.